The van der Waals surface area contributed by atoms with Gasteiger partial charge in [-0.15, -0.1) is 4.90 Å². The van der Waals surface area contributed by atoms with Crippen LogP contribution in [0.15, 0.2) is 6.20 Å². The standard InChI is InChI=1S/C19H19ClN6O6/c1-9-7-21-12(10(2)14(9)32-3)8-25-16-13(11(24-25)5-4-6-27)15(20)22-17(23-16)26(18(28)29)19(30)31/h6-7H,4-5,8H2,1-3H3,(H,28,29)(H,30,31). The number of pyridine rings is 1. The van der Waals surface area contributed by atoms with Gasteiger partial charge in [-0.3, -0.25) is 4.98 Å². The molecule has 0 unspecified atom stereocenters. The van der Waals surface area contributed by atoms with Gasteiger partial charge in [0.25, 0.3) is 0 Å². The summed E-state index contributed by atoms with van der Waals surface area (Å²) in [6.07, 6.45) is -0.816. The lowest BCUT2D eigenvalue weighted by Crippen LogP contribution is -2.36. The van der Waals surface area contributed by atoms with E-state index < -0.39 is 18.1 Å². The first-order chi connectivity index (χ1) is 15.2. The van der Waals surface area contributed by atoms with Gasteiger partial charge in [0, 0.05) is 23.7 Å². The van der Waals surface area contributed by atoms with Crippen LogP contribution in [0.3, 0.4) is 0 Å². The number of halogens is 1. The summed E-state index contributed by atoms with van der Waals surface area (Å²) in [7, 11) is 1.55. The molecular weight excluding hydrogens is 444 g/mol. The van der Waals surface area contributed by atoms with E-state index in [1.807, 2.05) is 13.8 Å². The number of anilines is 1. The second-order valence-corrected chi connectivity index (χ2v) is 7.13. The van der Waals surface area contributed by atoms with Crippen LogP contribution in [0, 0.1) is 13.8 Å². The van der Waals surface area contributed by atoms with Gasteiger partial charge in [-0.25, -0.2) is 14.3 Å². The molecule has 0 saturated heterocycles. The van der Waals surface area contributed by atoms with E-state index >= 15 is 0 Å². The molecular formula is C19H19ClN6O6. The Morgan fingerprint density at radius 1 is 1.22 bits per heavy atom. The van der Waals surface area contributed by atoms with E-state index in [-0.39, 0.29) is 35.1 Å². The third kappa shape index (κ3) is 4.17. The molecule has 3 heterocycles. The van der Waals surface area contributed by atoms with Crippen LogP contribution < -0.4 is 9.64 Å². The Bertz CT molecular complexity index is 1210. The van der Waals surface area contributed by atoms with Gasteiger partial charge >= 0.3 is 12.2 Å². The molecule has 0 aliphatic carbocycles. The fourth-order valence-electron chi connectivity index (χ4n) is 3.30. The lowest BCUT2D eigenvalue weighted by molar-refractivity contribution is -0.107. The van der Waals surface area contributed by atoms with Crippen LogP contribution in [0.5, 0.6) is 5.75 Å². The van der Waals surface area contributed by atoms with Crippen molar-refractivity contribution in [2.75, 3.05) is 12.0 Å². The van der Waals surface area contributed by atoms with E-state index in [4.69, 9.17) is 16.3 Å². The number of aryl methyl sites for hydroxylation is 2. The molecule has 0 aliphatic rings. The number of hydrogen-bond donors (Lipinski definition) is 2. The van der Waals surface area contributed by atoms with Crippen molar-refractivity contribution in [3.05, 3.63) is 33.9 Å². The van der Waals surface area contributed by atoms with Gasteiger partial charge in [0.05, 0.1) is 30.4 Å². The van der Waals surface area contributed by atoms with Gasteiger partial charge in [0.15, 0.2) is 5.65 Å². The van der Waals surface area contributed by atoms with E-state index in [1.165, 1.54) is 4.68 Å². The van der Waals surface area contributed by atoms with Gasteiger partial charge in [-0.1, -0.05) is 11.6 Å². The Morgan fingerprint density at radius 3 is 2.50 bits per heavy atom. The summed E-state index contributed by atoms with van der Waals surface area (Å²) in [4.78, 5) is 46.0. The van der Waals surface area contributed by atoms with Crippen LogP contribution in [0.2, 0.25) is 5.15 Å². The van der Waals surface area contributed by atoms with Crippen molar-refractivity contribution in [1.29, 1.82) is 0 Å². The van der Waals surface area contributed by atoms with Gasteiger partial charge < -0.3 is 19.7 Å². The molecule has 12 nitrogen and oxygen atoms in total. The maximum absolute atomic E-state index is 11.4. The SMILES string of the molecule is COc1c(C)cnc(Cn2nc(CCC=O)c3c(Cl)nc(N(C(=O)O)C(=O)O)nc32)c1C. The zero-order valence-electron chi connectivity index (χ0n) is 17.4. The molecule has 3 aromatic rings. The molecule has 0 spiro atoms. The van der Waals surface area contributed by atoms with Crippen molar-refractivity contribution in [2.45, 2.75) is 33.2 Å². The van der Waals surface area contributed by atoms with Gasteiger partial charge in [0.1, 0.15) is 17.2 Å². The normalized spacial score (nSPS) is 10.9. The van der Waals surface area contributed by atoms with Crippen molar-refractivity contribution in [3.8, 4) is 5.75 Å². The predicted molar refractivity (Wildman–Crippen MR) is 113 cm³/mol. The number of carbonyl (C=O) groups excluding carboxylic acids is 1. The van der Waals surface area contributed by atoms with Crippen LogP contribution >= 0.6 is 11.6 Å². The first-order valence-electron chi connectivity index (χ1n) is 9.31. The lowest BCUT2D eigenvalue weighted by atomic mass is 10.1. The molecule has 0 fully saturated rings. The van der Waals surface area contributed by atoms with Crippen molar-refractivity contribution >= 4 is 47.1 Å². The summed E-state index contributed by atoms with van der Waals surface area (Å²) in [5.41, 5.74) is 2.73. The number of carbonyl (C=O) groups is 3. The predicted octanol–water partition coefficient (Wildman–Crippen LogP) is 2.84. The van der Waals surface area contributed by atoms with Gasteiger partial charge in [-0.2, -0.15) is 15.1 Å². The second kappa shape index (κ2) is 9.14. The van der Waals surface area contributed by atoms with E-state index in [2.05, 4.69) is 20.1 Å². The summed E-state index contributed by atoms with van der Waals surface area (Å²) in [5.74, 6) is 0.0145. The number of imide groups is 1. The maximum atomic E-state index is 11.4. The Hall–Kier alpha value is -3.80. The number of carboxylic acid groups (broad SMARTS) is 2. The number of nitrogens with zero attached hydrogens (tertiary/aromatic N) is 6. The highest BCUT2D eigenvalue weighted by molar-refractivity contribution is 6.34. The molecule has 0 radical (unpaired) electrons. The third-order valence-electron chi connectivity index (χ3n) is 4.74. The number of amides is 2. The summed E-state index contributed by atoms with van der Waals surface area (Å²) >= 11 is 6.27. The minimum absolute atomic E-state index is 0.0494. The quantitative estimate of drug-likeness (QED) is 0.394. The third-order valence-corrected chi connectivity index (χ3v) is 5.01. The van der Waals surface area contributed by atoms with E-state index in [0.717, 1.165) is 17.4 Å². The molecule has 2 amide bonds. The van der Waals surface area contributed by atoms with Crippen molar-refractivity contribution < 1.29 is 29.3 Å². The maximum Gasteiger partial charge on any atom is 0.424 e. The number of ether oxygens (including phenoxy) is 1. The van der Waals surface area contributed by atoms with Crippen LogP contribution in [-0.4, -0.2) is 60.5 Å². The topological polar surface area (TPSA) is 161 Å². The minimum atomic E-state index is -1.79. The zero-order chi connectivity index (χ0) is 23.6. The Labute approximate surface area is 186 Å². The minimum Gasteiger partial charge on any atom is -0.496 e. The smallest absolute Gasteiger partial charge is 0.424 e. The second-order valence-electron chi connectivity index (χ2n) is 6.77. The summed E-state index contributed by atoms with van der Waals surface area (Å²) < 4.78 is 6.85. The first-order valence-corrected chi connectivity index (χ1v) is 9.69. The number of aromatic nitrogens is 5. The molecule has 3 aromatic heterocycles. The first kappa shape index (κ1) is 22.9. The average Bonchev–Trinajstić information content (AvgIpc) is 3.06. The van der Waals surface area contributed by atoms with Crippen molar-refractivity contribution in [2.24, 2.45) is 0 Å². The van der Waals surface area contributed by atoms with Crippen LogP contribution in [0.4, 0.5) is 15.5 Å². The van der Waals surface area contributed by atoms with Gasteiger partial charge in [0.2, 0.25) is 5.95 Å². The monoisotopic (exact) mass is 462 g/mol. The molecule has 168 valence electrons. The number of hydrogen-bond acceptors (Lipinski definition) is 8. The molecule has 0 aliphatic heterocycles. The highest BCUT2D eigenvalue weighted by Gasteiger charge is 2.28. The van der Waals surface area contributed by atoms with Gasteiger partial charge in [-0.05, 0) is 20.3 Å². The summed E-state index contributed by atoms with van der Waals surface area (Å²) in [6, 6.07) is 0. The molecule has 32 heavy (non-hydrogen) atoms. The van der Waals surface area contributed by atoms with Crippen LogP contribution in [0.25, 0.3) is 11.0 Å². The summed E-state index contributed by atoms with van der Waals surface area (Å²) in [6.45, 7) is 3.79. The van der Waals surface area contributed by atoms with Crippen molar-refractivity contribution in [3.63, 3.8) is 0 Å². The Kier molecular flexibility index (Phi) is 6.53. The highest BCUT2D eigenvalue weighted by atomic mass is 35.5. The zero-order valence-corrected chi connectivity index (χ0v) is 18.1. The number of rotatable bonds is 7. The number of methoxy groups -OCH3 is 1. The van der Waals surface area contributed by atoms with E-state index in [0.29, 0.717) is 22.5 Å². The molecule has 2 N–H and O–H groups in total. The number of fused-ring (bicyclic) bond motifs is 1. The number of aldehydes is 1. The van der Waals surface area contributed by atoms with E-state index in [1.54, 1.807) is 13.3 Å². The molecule has 0 bridgehead atoms. The van der Waals surface area contributed by atoms with Crippen LogP contribution in [0.1, 0.15) is 28.9 Å². The highest BCUT2D eigenvalue weighted by Crippen LogP contribution is 2.30. The summed E-state index contributed by atoms with van der Waals surface area (Å²) in [5, 5.41) is 23.1. The molecule has 13 heteroatoms. The lowest BCUT2D eigenvalue weighted by Gasteiger charge is -2.13. The van der Waals surface area contributed by atoms with E-state index in [9.17, 15) is 24.6 Å². The molecule has 0 aromatic carbocycles. The Morgan fingerprint density at radius 2 is 1.91 bits per heavy atom. The Balaban J connectivity index is 2.22. The molecule has 3 rings (SSSR count). The fraction of sp³-hybridized carbons (Fsp3) is 0.316. The average molecular weight is 463 g/mol. The molecule has 0 atom stereocenters. The van der Waals surface area contributed by atoms with Crippen LogP contribution in [-0.2, 0) is 17.8 Å². The largest absolute Gasteiger partial charge is 0.496 e. The van der Waals surface area contributed by atoms with Crippen molar-refractivity contribution in [1.82, 2.24) is 24.7 Å². The molecule has 0 saturated carbocycles. The fourth-order valence-corrected chi connectivity index (χ4v) is 3.56.